The molecule has 0 radical (unpaired) electrons. The van der Waals surface area contributed by atoms with Crippen LogP contribution in [0.2, 0.25) is 0 Å². The van der Waals surface area contributed by atoms with Gasteiger partial charge in [0, 0.05) is 5.56 Å². The van der Waals surface area contributed by atoms with Crippen LogP contribution in [0.5, 0.6) is 17.2 Å². The molecule has 7 heteroatoms. The monoisotopic (exact) mass is 352 g/mol. The van der Waals surface area contributed by atoms with Crippen LogP contribution in [0.15, 0.2) is 48.5 Å². The van der Waals surface area contributed by atoms with Gasteiger partial charge in [0.15, 0.2) is 23.9 Å². The molecule has 0 heterocycles. The molecule has 0 aromatic heterocycles. The van der Waals surface area contributed by atoms with Crippen molar-refractivity contribution in [2.24, 2.45) is 0 Å². The predicted molar refractivity (Wildman–Crippen MR) is 94.7 cm³/mol. The number of hydrogen-bond acceptors (Lipinski definition) is 5. The van der Waals surface area contributed by atoms with Gasteiger partial charge in [-0.1, -0.05) is 12.1 Å². The molecule has 2 rings (SSSR count). The molecule has 0 aliphatic carbocycles. The Morgan fingerprint density at radius 3 is 2.40 bits per heavy atom. The van der Waals surface area contributed by atoms with Crippen molar-refractivity contribution in [2.75, 3.05) is 13.7 Å². The van der Waals surface area contributed by atoms with Gasteiger partial charge in [0.25, 0.3) is 0 Å². The van der Waals surface area contributed by atoms with Gasteiger partial charge >= 0.3 is 35.5 Å². The van der Waals surface area contributed by atoms with Crippen molar-refractivity contribution in [3.05, 3.63) is 59.7 Å². The van der Waals surface area contributed by atoms with Gasteiger partial charge in [-0.2, -0.15) is 0 Å². The van der Waals surface area contributed by atoms with E-state index < -0.39 is 12.6 Å². The Hall–Kier alpha value is -2.28. The Balaban J connectivity index is 0.00000312. The van der Waals surface area contributed by atoms with Gasteiger partial charge in [0.05, 0.1) is 7.11 Å². The molecule has 0 bridgehead atoms. The summed E-state index contributed by atoms with van der Waals surface area (Å²) in [6.45, 7) is -0.435. The molecular formula is C18H17NaO6. The van der Waals surface area contributed by atoms with Crippen molar-refractivity contribution >= 4 is 47.4 Å². The molecule has 0 saturated carbocycles. The molecule has 2 N–H and O–H groups in total. The number of ketones is 1. The number of carbonyl (C=O) groups is 2. The van der Waals surface area contributed by atoms with Crippen LogP contribution >= 0.6 is 0 Å². The molecule has 0 aliphatic rings. The van der Waals surface area contributed by atoms with Crippen molar-refractivity contribution in [1.82, 2.24) is 0 Å². The second kappa shape index (κ2) is 9.88. The van der Waals surface area contributed by atoms with Gasteiger partial charge in [0.1, 0.15) is 5.75 Å². The van der Waals surface area contributed by atoms with E-state index in [9.17, 15) is 14.7 Å². The number of carboxylic acid groups (broad SMARTS) is 1. The van der Waals surface area contributed by atoms with Crippen LogP contribution in [0.25, 0.3) is 6.08 Å². The zero-order valence-electron chi connectivity index (χ0n) is 12.9. The number of ether oxygens (including phenoxy) is 2. The first-order valence-corrected chi connectivity index (χ1v) is 7.03. The predicted octanol–water partition coefficient (Wildman–Crippen LogP) is 2.11. The summed E-state index contributed by atoms with van der Waals surface area (Å²) < 4.78 is 10.0. The summed E-state index contributed by atoms with van der Waals surface area (Å²) in [6.07, 6.45) is 3.01. The number of rotatable bonds is 7. The summed E-state index contributed by atoms with van der Waals surface area (Å²) in [5, 5.41) is 18.1. The summed E-state index contributed by atoms with van der Waals surface area (Å²) in [5.74, 6) is -0.558. The molecule has 0 aliphatic heterocycles. The van der Waals surface area contributed by atoms with Crippen LogP contribution in [0.1, 0.15) is 15.9 Å². The Morgan fingerprint density at radius 1 is 1.12 bits per heavy atom. The zero-order valence-corrected chi connectivity index (χ0v) is 12.9. The van der Waals surface area contributed by atoms with E-state index in [0.717, 1.165) is 0 Å². The van der Waals surface area contributed by atoms with E-state index in [0.29, 0.717) is 22.6 Å². The van der Waals surface area contributed by atoms with Crippen LogP contribution in [-0.4, -0.2) is 65.2 Å². The normalized spacial score (nSPS) is 10.1. The molecule has 0 saturated heterocycles. The average molecular weight is 352 g/mol. The number of carboxylic acids is 1. The Bertz CT molecular complexity index is 768. The molecule has 2 aromatic carbocycles. The first-order chi connectivity index (χ1) is 11.5. The standard InChI is InChI=1S/C18H16O6.Na.H/c1-23-17-10-12(3-9-16(17)20)2-8-15(19)13-4-6-14(7-5-13)24-11-18(21)22;;/h2-10,20H,11H2,1H3,(H,21,22);;/b8-2+;;. The average Bonchev–Trinajstić information content (AvgIpc) is 2.59. The van der Waals surface area contributed by atoms with E-state index >= 15 is 0 Å². The first-order valence-electron chi connectivity index (χ1n) is 7.03. The van der Waals surface area contributed by atoms with Crippen LogP contribution in [0, 0.1) is 0 Å². The third-order valence-electron chi connectivity index (χ3n) is 3.13. The molecule has 2 aromatic rings. The molecule has 0 fully saturated rings. The summed E-state index contributed by atoms with van der Waals surface area (Å²) in [5.41, 5.74) is 1.15. The molecule has 126 valence electrons. The molecular weight excluding hydrogens is 335 g/mol. The third kappa shape index (κ3) is 6.26. The van der Waals surface area contributed by atoms with Crippen LogP contribution in [0.4, 0.5) is 0 Å². The second-order valence-electron chi connectivity index (χ2n) is 4.84. The fourth-order valence-corrected chi connectivity index (χ4v) is 1.93. The minimum absolute atomic E-state index is 0. The molecule has 0 spiro atoms. The van der Waals surface area contributed by atoms with E-state index in [4.69, 9.17) is 14.6 Å². The molecule has 0 atom stereocenters. The number of hydrogen-bond donors (Lipinski definition) is 2. The van der Waals surface area contributed by atoms with Gasteiger partial charge in [0.2, 0.25) is 0 Å². The molecule has 0 unspecified atom stereocenters. The number of methoxy groups -OCH3 is 1. The van der Waals surface area contributed by atoms with Crippen LogP contribution in [0.3, 0.4) is 0 Å². The first kappa shape index (κ1) is 20.8. The topological polar surface area (TPSA) is 93.1 Å². The third-order valence-corrected chi connectivity index (χ3v) is 3.13. The summed E-state index contributed by atoms with van der Waals surface area (Å²) in [6, 6.07) is 10.9. The molecule has 0 amide bonds. The van der Waals surface area contributed by atoms with Crippen molar-refractivity contribution < 1.29 is 29.3 Å². The van der Waals surface area contributed by atoms with Gasteiger partial charge < -0.3 is 19.7 Å². The minimum atomic E-state index is -1.07. The number of aromatic hydroxyl groups is 1. The molecule has 6 nitrogen and oxygen atoms in total. The maximum atomic E-state index is 12.1. The quantitative estimate of drug-likeness (QED) is 0.450. The van der Waals surface area contributed by atoms with Crippen molar-refractivity contribution in [1.29, 1.82) is 0 Å². The maximum absolute atomic E-state index is 12.1. The Labute approximate surface area is 167 Å². The van der Waals surface area contributed by atoms with E-state index in [-0.39, 0.29) is 41.1 Å². The van der Waals surface area contributed by atoms with Crippen molar-refractivity contribution in [3.8, 4) is 17.2 Å². The zero-order chi connectivity index (χ0) is 17.5. The van der Waals surface area contributed by atoms with E-state index in [2.05, 4.69) is 0 Å². The fourth-order valence-electron chi connectivity index (χ4n) is 1.93. The van der Waals surface area contributed by atoms with Gasteiger partial charge in [-0.05, 0) is 48.0 Å². The number of allylic oxidation sites excluding steroid dienone is 1. The Kier molecular flexibility index (Phi) is 8.21. The van der Waals surface area contributed by atoms with Gasteiger partial charge in [-0.25, -0.2) is 4.79 Å². The Morgan fingerprint density at radius 2 is 1.80 bits per heavy atom. The van der Waals surface area contributed by atoms with E-state index in [1.165, 1.54) is 31.4 Å². The molecule has 25 heavy (non-hydrogen) atoms. The van der Waals surface area contributed by atoms with Crippen LogP contribution in [-0.2, 0) is 4.79 Å². The summed E-state index contributed by atoms with van der Waals surface area (Å²) in [7, 11) is 1.45. The van der Waals surface area contributed by atoms with Crippen LogP contribution < -0.4 is 9.47 Å². The second-order valence-corrected chi connectivity index (χ2v) is 4.84. The number of benzene rings is 2. The number of phenolic OH excluding ortho intramolecular Hbond substituents is 1. The summed E-state index contributed by atoms with van der Waals surface area (Å²) >= 11 is 0. The van der Waals surface area contributed by atoms with Crippen molar-refractivity contribution in [3.63, 3.8) is 0 Å². The number of aliphatic carboxylic acids is 1. The van der Waals surface area contributed by atoms with E-state index in [1.807, 2.05) is 0 Å². The SMILES string of the molecule is COc1cc(/C=C/C(=O)c2ccc(OCC(=O)O)cc2)ccc1O.[NaH]. The van der Waals surface area contributed by atoms with Gasteiger partial charge in [-0.3, -0.25) is 4.79 Å². The fraction of sp³-hybridized carbons (Fsp3) is 0.111. The summed E-state index contributed by atoms with van der Waals surface area (Å²) in [4.78, 5) is 22.5. The number of phenols is 1. The van der Waals surface area contributed by atoms with E-state index in [1.54, 1.807) is 30.3 Å². The number of carbonyl (C=O) groups excluding carboxylic acids is 1. The van der Waals surface area contributed by atoms with Crippen molar-refractivity contribution in [2.45, 2.75) is 0 Å². The van der Waals surface area contributed by atoms with Gasteiger partial charge in [-0.15, -0.1) is 0 Å².